The number of fused-ring (bicyclic) bond motifs is 1. The second kappa shape index (κ2) is 9.47. The van der Waals surface area contributed by atoms with E-state index in [2.05, 4.69) is 30.8 Å². The Morgan fingerprint density at radius 1 is 1.16 bits per heavy atom. The fraction of sp³-hybridized carbons (Fsp3) is 0.0476. The van der Waals surface area contributed by atoms with Gasteiger partial charge in [-0.25, -0.2) is 15.0 Å². The molecule has 0 radical (unpaired) electrons. The van der Waals surface area contributed by atoms with E-state index in [-0.39, 0.29) is 28.1 Å². The van der Waals surface area contributed by atoms with Gasteiger partial charge >= 0.3 is 0 Å². The Balaban J connectivity index is 1.46. The fourth-order valence-electron chi connectivity index (χ4n) is 2.84. The molecule has 0 aliphatic carbocycles. The standard InChI is InChI=1S/C21H14ClN7O2S/c22-13-7-5-12(6-8-13)18-15(9-23)20(31)27-21(26-18)32-10-17(30)28-29-19-14-3-1-2-4-16(14)24-11-25-19/h1-8,11H,10H2,(H,28,30)(H,24,25,29)(H,26,27,31). The zero-order valence-corrected chi connectivity index (χ0v) is 17.9. The number of hydrogen-bond acceptors (Lipinski definition) is 8. The van der Waals surface area contributed by atoms with E-state index in [4.69, 9.17) is 11.6 Å². The van der Waals surface area contributed by atoms with E-state index in [9.17, 15) is 14.9 Å². The molecule has 1 amide bonds. The molecule has 3 N–H and O–H groups in total. The lowest BCUT2D eigenvalue weighted by Crippen LogP contribution is -2.31. The molecule has 0 unspecified atom stereocenters. The summed E-state index contributed by atoms with van der Waals surface area (Å²) in [7, 11) is 0. The van der Waals surface area contributed by atoms with Gasteiger partial charge in [0.2, 0.25) is 5.91 Å². The molecule has 0 bridgehead atoms. The number of aromatic nitrogens is 4. The quantitative estimate of drug-likeness (QED) is 0.225. The summed E-state index contributed by atoms with van der Waals surface area (Å²) < 4.78 is 0. The van der Waals surface area contributed by atoms with Crippen LogP contribution in [0.2, 0.25) is 5.02 Å². The van der Waals surface area contributed by atoms with Crippen LogP contribution in [0.4, 0.5) is 5.82 Å². The van der Waals surface area contributed by atoms with Gasteiger partial charge in [0.15, 0.2) is 11.0 Å². The Morgan fingerprint density at radius 3 is 2.72 bits per heavy atom. The molecule has 0 fully saturated rings. The molecule has 0 saturated carbocycles. The van der Waals surface area contributed by atoms with Crippen molar-refractivity contribution in [3.8, 4) is 17.3 Å². The van der Waals surface area contributed by atoms with E-state index in [1.54, 1.807) is 24.3 Å². The summed E-state index contributed by atoms with van der Waals surface area (Å²) in [6.07, 6.45) is 1.40. The third-order valence-corrected chi connectivity index (χ3v) is 5.46. The lowest BCUT2D eigenvalue weighted by atomic mass is 10.1. The number of anilines is 1. The van der Waals surface area contributed by atoms with Crippen molar-refractivity contribution >= 4 is 46.0 Å². The van der Waals surface area contributed by atoms with Crippen molar-refractivity contribution in [1.82, 2.24) is 25.4 Å². The number of hydrazine groups is 1. The molecule has 2 aromatic heterocycles. The Hall–Kier alpha value is -3.94. The third-order valence-electron chi connectivity index (χ3n) is 4.33. The Kier molecular flexibility index (Phi) is 6.30. The molecule has 0 aliphatic heterocycles. The minimum absolute atomic E-state index is 0.0368. The number of carbonyl (C=O) groups excluding carboxylic acids is 1. The Labute approximate surface area is 190 Å². The smallest absolute Gasteiger partial charge is 0.270 e. The minimum Gasteiger partial charge on any atom is -0.300 e. The molecule has 4 rings (SSSR count). The summed E-state index contributed by atoms with van der Waals surface area (Å²) in [5.41, 5.74) is 6.19. The second-order valence-electron chi connectivity index (χ2n) is 6.41. The van der Waals surface area contributed by atoms with Gasteiger partial charge in [-0.2, -0.15) is 5.26 Å². The molecule has 0 aliphatic rings. The molecule has 9 nitrogen and oxygen atoms in total. The average molecular weight is 464 g/mol. The molecule has 158 valence electrons. The molecule has 0 atom stereocenters. The minimum atomic E-state index is -0.582. The number of nitrogens with one attached hydrogen (secondary N) is 3. The number of para-hydroxylation sites is 1. The number of nitriles is 1. The van der Waals surface area contributed by atoms with Crippen LogP contribution in [0.5, 0.6) is 0 Å². The van der Waals surface area contributed by atoms with Crippen molar-refractivity contribution in [1.29, 1.82) is 5.26 Å². The maximum absolute atomic E-state index is 12.3. The highest BCUT2D eigenvalue weighted by molar-refractivity contribution is 7.99. The van der Waals surface area contributed by atoms with Crippen molar-refractivity contribution in [3.63, 3.8) is 0 Å². The van der Waals surface area contributed by atoms with E-state index in [0.717, 1.165) is 22.7 Å². The Morgan fingerprint density at radius 2 is 1.94 bits per heavy atom. The number of aromatic amines is 1. The zero-order chi connectivity index (χ0) is 22.5. The largest absolute Gasteiger partial charge is 0.300 e. The molecular weight excluding hydrogens is 450 g/mol. The Bertz CT molecular complexity index is 1390. The number of carbonyl (C=O) groups is 1. The van der Waals surface area contributed by atoms with Crippen LogP contribution in [0.25, 0.3) is 22.2 Å². The van der Waals surface area contributed by atoms with Crippen LogP contribution in [0.3, 0.4) is 0 Å². The van der Waals surface area contributed by atoms with Crippen molar-refractivity contribution in [2.75, 3.05) is 11.2 Å². The maximum Gasteiger partial charge on any atom is 0.270 e. The van der Waals surface area contributed by atoms with Crippen LogP contribution in [0.1, 0.15) is 5.56 Å². The number of H-pyrrole nitrogens is 1. The average Bonchev–Trinajstić information content (AvgIpc) is 2.81. The van der Waals surface area contributed by atoms with Crippen molar-refractivity contribution in [2.24, 2.45) is 0 Å². The molecule has 32 heavy (non-hydrogen) atoms. The van der Waals surface area contributed by atoms with E-state index in [0.29, 0.717) is 16.4 Å². The van der Waals surface area contributed by atoms with Crippen molar-refractivity contribution < 1.29 is 4.79 Å². The fourth-order valence-corrected chi connectivity index (χ4v) is 3.63. The van der Waals surface area contributed by atoms with Gasteiger partial charge in [0.05, 0.1) is 17.0 Å². The molecule has 0 saturated heterocycles. The number of rotatable bonds is 6. The van der Waals surface area contributed by atoms with Gasteiger partial charge in [-0.15, -0.1) is 0 Å². The first kappa shape index (κ1) is 21.3. The van der Waals surface area contributed by atoms with Gasteiger partial charge < -0.3 is 4.98 Å². The van der Waals surface area contributed by atoms with Crippen LogP contribution in [0, 0.1) is 11.3 Å². The summed E-state index contributed by atoms with van der Waals surface area (Å²) in [6, 6.07) is 15.9. The van der Waals surface area contributed by atoms with Gasteiger partial charge in [-0.3, -0.25) is 20.4 Å². The molecule has 11 heteroatoms. The highest BCUT2D eigenvalue weighted by Crippen LogP contribution is 2.23. The number of benzene rings is 2. The first-order valence-electron chi connectivity index (χ1n) is 9.23. The van der Waals surface area contributed by atoms with E-state index < -0.39 is 5.56 Å². The number of nitrogens with zero attached hydrogens (tertiary/aromatic N) is 4. The summed E-state index contributed by atoms with van der Waals surface area (Å²) in [5.74, 6) is 0.0619. The molecule has 4 aromatic rings. The maximum atomic E-state index is 12.3. The van der Waals surface area contributed by atoms with Crippen molar-refractivity contribution in [3.05, 3.63) is 75.8 Å². The van der Waals surface area contributed by atoms with Gasteiger partial charge in [-0.05, 0) is 24.3 Å². The van der Waals surface area contributed by atoms with Gasteiger partial charge in [0.1, 0.15) is 18.0 Å². The summed E-state index contributed by atoms with van der Waals surface area (Å²) in [4.78, 5) is 39.8. The van der Waals surface area contributed by atoms with Crippen LogP contribution in [-0.2, 0) is 4.79 Å². The lowest BCUT2D eigenvalue weighted by Gasteiger charge is -2.10. The van der Waals surface area contributed by atoms with Crippen LogP contribution in [0.15, 0.2) is 64.8 Å². The SMILES string of the molecule is N#Cc1c(-c2ccc(Cl)cc2)nc(SCC(=O)NNc2ncnc3ccccc23)[nH]c1=O. The van der Waals surface area contributed by atoms with Gasteiger partial charge in [-0.1, -0.05) is 47.6 Å². The van der Waals surface area contributed by atoms with Crippen LogP contribution < -0.4 is 16.4 Å². The van der Waals surface area contributed by atoms with Crippen LogP contribution in [-0.4, -0.2) is 31.6 Å². The van der Waals surface area contributed by atoms with Gasteiger partial charge in [0, 0.05) is 16.0 Å². The summed E-state index contributed by atoms with van der Waals surface area (Å²) in [5, 5.41) is 10.8. The van der Waals surface area contributed by atoms with Gasteiger partial charge in [0.25, 0.3) is 5.56 Å². The topological polar surface area (TPSA) is 136 Å². The lowest BCUT2D eigenvalue weighted by molar-refractivity contribution is -0.118. The summed E-state index contributed by atoms with van der Waals surface area (Å²) >= 11 is 6.94. The van der Waals surface area contributed by atoms with Crippen LogP contribution >= 0.6 is 23.4 Å². The molecule has 2 aromatic carbocycles. The molecule has 0 spiro atoms. The first-order chi connectivity index (χ1) is 15.5. The zero-order valence-electron chi connectivity index (χ0n) is 16.3. The van der Waals surface area contributed by atoms with E-state index >= 15 is 0 Å². The predicted molar refractivity (Wildman–Crippen MR) is 122 cm³/mol. The monoisotopic (exact) mass is 463 g/mol. The normalized spacial score (nSPS) is 10.5. The summed E-state index contributed by atoms with van der Waals surface area (Å²) in [6.45, 7) is 0. The number of amides is 1. The first-order valence-corrected chi connectivity index (χ1v) is 10.6. The number of thioether (sulfide) groups is 1. The predicted octanol–water partition coefficient (Wildman–Crippen LogP) is 3.14. The number of halogens is 1. The highest BCUT2D eigenvalue weighted by atomic mass is 35.5. The third kappa shape index (κ3) is 4.69. The molecular formula is C21H14ClN7O2S. The second-order valence-corrected chi connectivity index (χ2v) is 7.82. The van der Waals surface area contributed by atoms with E-state index in [1.165, 1.54) is 6.33 Å². The molecule has 2 heterocycles. The highest BCUT2D eigenvalue weighted by Gasteiger charge is 2.15. The van der Waals surface area contributed by atoms with E-state index in [1.807, 2.05) is 30.3 Å². The number of hydrogen-bond donors (Lipinski definition) is 3. The van der Waals surface area contributed by atoms with Crippen molar-refractivity contribution in [2.45, 2.75) is 5.16 Å².